The van der Waals surface area contributed by atoms with Crippen LogP contribution in [0.3, 0.4) is 0 Å². The summed E-state index contributed by atoms with van der Waals surface area (Å²) in [6, 6.07) is 3.97. The molecule has 0 saturated carbocycles. The topological polar surface area (TPSA) is 63.1 Å². The van der Waals surface area contributed by atoms with Crippen molar-refractivity contribution in [3.05, 3.63) is 36.3 Å². The molecule has 0 aliphatic carbocycles. The number of aromatic nitrogens is 3. The van der Waals surface area contributed by atoms with Crippen LogP contribution in [0.4, 0.5) is 0 Å². The molecule has 1 aliphatic heterocycles. The van der Waals surface area contributed by atoms with E-state index in [1.807, 2.05) is 28.8 Å². The third kappa shape index (κ3) is 4.89. The van der Waals surface area contributed by atoms with E-state index in [0.717, 1.165) is 63.1 Å². The van der Waals surface area contributed by atoms with Crippen LogP contribution in [0.25, 0.3) is 11.3 Å². The van der Waals surface area contributed by atoms with Crippen molar-refractivity contribution in [2.24, 2.45) is 7.05 Å². The molecule has 0 aromatic carbocycles. The van der Waals surface area contributed by atoms with Gasteiger partial charge in [0.15, 0.2) is 0 Å². The summed E-state index contributed by atoms with van der Waals surface area (Å²) in [6.07, 6.45) is 10.7. The first kappa shape index (κ1) is 17.6. The minimum absolute atomic E-state index is 0.324. The quantitative estimate of drug-likeness (QED) is 0.785. The van der Waals surface area contributed by atoms with E-state index in [1.54, 1.807) is 12.4 Å². The number of carbonyl (C=O) groups is 1. The van der Waals surface area contributed by atoms with E-state index in [-0.39, 0.29) is 0 Å². The lowest BCUT2D eigenvalue weighted by Crippen LogP contribution is -2.32. The summed E-state index contributed by atoms with van der Waals surface area (Å²) >= 11 is 0. The van der Waals surface area contributed by atoms with Gasteiger partial charge in [-0.25, -0.2) is 0 Å². The zero-order valence-electron chi connectivity index (χ0n) is 14.9. The van der Waals surface area contributed by atoms with Crippen LogP contribution in [0.1, 0.15) is 37.7 Å². The van der Waals surface area contributed by atoms with E-state index in [1.165, 1.54) is 12.0 Å². The number of pyridine rings is 1. The molecule has 0 spiro atoms. The SMILES string of the molecule is Cn1cc(CNCCCN2CCCCCC2=O)c(-c2ccncc2)n1. The van der Waals surface area contributed by atoms with E-state index >= 15 is 0 Å². The Hall–Kier alpha value is -2.21. The lowest BCUT2D eigenvalue weighted by molar-refractivity contribution is -0.130. The van der Waals surface area contributed by atoms with E-state index in [0.29, 0.717) is 5.91 Å². The molecule has 25 heavy (non-hydrogen) atoms. The first-order chi connectivity index (χ1) is 12.2. The van der Waals surface area contributed by atoms with Crippen molar-refractivity contribution in [2.75, 3.05) is 19.6 Å². The second-order valence-corrected chi connectivity index (χ2v) is 6.63. The molecule has 1 saturated heterocycles. The van der Waals surface area contributed by atoms with Crippen LogP contribution in [-0.4, -0.2) is 45.2 Å². The molecule has 2 aromatic heterocycles. The molecule has 3 heterocycles. The van der Waals surface area contributed by atoms with Crippen LogP contribution >= 0.6 is 0 Å². The van der Waals surface area contributed by atoms with Crippen molar-refractivity contribution in [3.8, 4) is 11.3 Å². The number of amides is 1. The van der Waals surface area contributed by atoms with Crippen molar-refractivity contribution < 1.29 is 4.79 Å². The largest absolute Gasteiger partial charge is 0.343 e. The maximum Gasteiger partial charge on any atom is 0.222 e. The smallest absolute Gasteiger partial charge is 0.222 e. The molecule has 3 rings (SSSR count). The van der Waals surface area contributed by atoms with Gasteiger partial charge >= 0.3 is 0 Å². The average Bonchev–Trinajstić information content (AvgIpc) is 2.87. The van der Waals surface area contributed by atoms with Gasteiger partial charge in [-0.3, -0.25) is 14.5 Å². The molecule has 0 bridgehead atoms. The van der Waals surface area contributed by atoms with Gasteiger partial charge in [-0.05, 0) is 37.9 Å². The van der Waals surface area contributed by atoms with E-state index < -0.39 is 0 Å². The van der Waals surface area contributed by atoms with Crippen molar-refractivity contribution in [1.29, 1.82) is 0 Å². The molecule has 1 aliphatic rings. The van der Waals surface area contributed by atoms with Gasteiger partial charge in [-0.2, -0.15) is 5.10 Å². The number of hydrogen-bond acceptors (Lipinski definition) is 4. The minimum atomic E-state index is 0.324. The van der Waals surface area contributed by atoms with E-state index in [9.17, 15) is 4.79 Å². The molecule has 0 atom stereocenters. The molecular formula is C19H27N5O. The molecule has 1 amide bonds. The van der Waals surface area contributed by atoms with Crippen molar-refractivity contribution in [3.63, 3.8) is 0 Å². The van der Waals surface area contributed by atoms with Gasteiger partial charge in [0.25, 0.3) is 0 Å². The zero-order chi connectivity index (χ0) is 17.5. The van der Waals surface area contributed by atoms with Gasteiger partial charge < -0.3 is 10.2 Å². The van der Waals surface area contributed by atoms with Gasteiger partial charge in [0.1, 0.15) is 0 Å². The normalized spacial score (nSPS) is 15.4. The lowest BCUT2D eigenvalue weighted by atomic mass is 10.1. The van der Waals surface area contributed by atoms with Crippen LogP contribution in [-0.2, 0) is 18.4 Å². The van der Waals surface area contributed by atoms with Crippen LogP contribution in [0.5, 0.6) is 0 Å². The highest BCUT2D eigenvalue weighted by Crippen LogP contribution is 2.20. The predicted octanol–water partition coefficient (Wildman–Crippen LogP) is 2.36. The fraction of sp³-hybridized carbons (Fsp3) is 0.526. The van der Waals surface area contributed by atoms with Crippen LogP contribution < -0.4 is 5.32 Å². The average molecular weight is 341 g/mol. The standard InChI is InChI=1S/C19H27N5O/c1-23-15-17(19(22-23)16-7-10-20-11-8-16)14-21-9-5-13-24-12-4-2-3-6-18(24)25/h7-8,10-11,15,21H,2-6,9,12-14H2,1H3. The molecular weight excluding hydrogens is 314 g/mol. The van der Waals surface area contributed by atoms with Crippen LogP contribution in [0, 0.1) is 0 Å². The summed E-state index contributed by atoms with van der Waals surface area (Å²) in [7, 11) is 1.94. The van der Waals surface area contributed by atoms with Gasteiger partial charge in [0.05, 0.1) is 5.69 Å². The Morgan fingerprint density at radius 3 is 2.88 bits per heavy atom. The Morgan fingerprint density at radius 1 is 1.20 bits per heavy atom. The Bertz CT molecular complexity index is 682. The molecule has 134 valence electrons. The van der Waals surface area contributed by atoms with E-state index in [2.05, 4.69) is 21.6 Å². The first-order valence-electron chi connectivity index (χ1n) is 9.15. The van der Waals surface area contributed by atoms with Crippen molar-refractivity contribution in [2.45, 2.75) is 38.6 Å². The van der Waals surface area contributed by atoms with Gasteiger partial charge in [-0.1, -0.05) is 6.42 Å². The monoisotopic (exact) mass is 341 g/mol. The Labute approximate surface area is 149 Å². The molecule has 6 heteroatoms. The summed E-state index contributed by atoms with van der Waals surface area (Å²) in [6.45, 7) is 3.46. The second kappa shape index (κ2) is 8.76. The maximum atomic E-state index is 12.0. The van der Waals surface area contributed by atoms with Gasteiger partial charge in [0, 0.05) is 62.8 Å². The Morgan fingerprint density at radius 2 is 2.04 bits per heavy atom. The third-order valence-corrected chi connectivity index (χ3v) is 4.63. The summed E-state index contributed by atoms with van der Waals surface area (Å²) in [5.41, 5.74) is 3.27. The minimum Gasteiger partial charge on any atom is -0.343 e. The van der Waals surface area contributed by atoms with Crippen LogP contribution in [0.2, 0.25) is 0 Å². The number of carbonyl (C=O) groups excluding carboxylic acids is 1. The van der Waals surface area contributed by atoms with Gasteiger partial charge in [0.2, 0.25) is 5.91 Å². The molecule has 1 fully saturated rings. The third-order valence-electron chi connectivity index (χ3n) is 4.63. The zero-order valence-corrected chi connectivity index (χ0v) is 14.9. The summed E-state index contributed by atoms with van der Waals surface area (Å²) in [4.78, 5) is 18.1. The lowest BCUT2D eigenvalue weighted by Gasteiger charge is -2.20. The number of aryl methyl sites for hydroxylation is 1. The molecule has 0 radical (unpaired) electrons. The summed E-state index contributed by atoms with van der Waals surface area (Å²) < 4.78 is 1.85. The fourth-order valence-electron chi connectivity index (χ4n) is 3.31. The Kier molecular flexibility index (Phi) is 6.17. The van der Waals surface area contributed by atoms with Crippen molar-refractivity contribution >= 4 is 5.91 Å². The summed E-state index contributed by atoms with van der Waals surface area (Å²) in [5, 5.41) is 8.06. The molecule has 1 N–H and O–H groups in total. The number of nitrogens with one attached hydrogen (secondary N) is 1. The number of likely N-dealkylation sites (tertiary alicyclic amines) is 1. The molecule has 6 nitrogen and oxygen atoms in total. The predicted molar refractivity (Wildman–Crippen MR) is 97.8 cm³/mol. The van der Waals surface area contributed by atoms with Crippen LogP contribution in [0.15, 0.2) is 30.7 Å². The highest BCUT2D eigenvalue weighted by molar-refractivity contribution is 5.76. The first-order valence-corrected chi connectivity index (χ1v) is 9.15. The summed E-state index contributed by atoms with van der Waals surface area (Å²) in [5.74, 6) is 0.324. The molecule has 0 unspecified atom stereocenters. The highest BCUT2D eigenvalue weighted by Gasteiger charge is 2.15. The van der Waals surface area contributed by atoms with Crippen molar-refractivity contribution in [1.82, 2.24) is 25.0 Å². The Balaban J connectivity index is 1.47. The fourth-order valence-corrected chi connectivity index (χ4v) is 3.31. The van der Waals surface area contributed by atoms with Gasteiger partial charge in [-0.15, -0.1) is 0 Å². The number of rotatable bonds is 7. The van der Waals surface area contributed by atoms with E-state index in [4.69, 9.17) is 0 Å². The highest BCUT2D eigenvalue weighted by atomic mass is 16.2. The maximum absolute atomic E-state index is 12.0. The molecule has 2 aromatic rings. The second-order valence-electron chi connectivity index (χ2n) is 6.63. The number of nitrogens with zero attached hydrogens (tertiary/aromatic N) is 4. The number of hydrogen-bond donors (Lipinski definition) is 1.